The van der Waals surface area contributed by atoms with Gasteiger partial charge in [0, 0.05) is 27.7 Å². The number of halogens is 1. The number of aryl methyl sites for hydroxylation is 1. The molecule has 1 N–H and O–H groups in total. The number of fused-ring (bicyclic) bond motifs is 1. The van der Waals surface area contributed by atoms with Gasteiger partial charge in [0.2, 0.25) is 0 Å². The van der Waals surface area contributed by atoms with Crippen molar-refractivity contribution in [3.63, 3.8) is 0 Å². The van der Waals surface area contributed by atoms with Crippen LogP contribution < -0.4 is 0 Å². The highest BCUT2D eigenvalue weighted by molar-refractivity contribution is 9.10. The lowest BCUT2D eigenvalue weighted by molar-refractivity contribution is 0.178. The van der Waals surface area contributed by atoms with Gasteiger partial charge in [-0.25, -0.2) is 4.98 Å². The number of hydrogen-bond acceptors (Lipinski definition) is 3. The predicted octanol–water partition coefficient (Wildman–Crippen LogP) is 4.55. The van der Waals surface area contributed by atoms with Crippen molar-refractivity contribution in [3.8, 4) is 0 Å². The summed E-state index contributed by atoms with van der Waals surface area (Å²) in [7, 11) is 0. The van der Waals surface area contributed by atoms with E-state index in [1.165, 1.54) is 0 Å². The number of aliphatic hydroxyl groups excluding tert-OH is 1. The minimum absolute atomic E-state index is 0.506. The Morgan fingerprint density at radius 3 is 2.90 bits per heavy atom. The zero-order chi connectivity index (χ0) is 14.8. The molecule has 0 fully saturated rings. The summed E-state index contributed by atoms with van der Waals surface area (Å²) in [6.45, 7) is 3.09. The minimum atomic E-state index is -0.506. The first-order chi connectivity index (χ1) is 10.2. The summed E-state index contributed by atoms with van der Waals surface area (Å²) in [5, 5.41) is 12.4. The molecular weight excluding hydrogens is 348 g/mol. The molecule has 2 aromatic heterocycles. The highest BCUT2D eigenvalue weighted by Crippen LogP contribution is 2.28. The van der Waals surface area contributed by atoms with E-state index in [9.17, 15) is 5.11 Å². The van der Waals surface area contributed by atoms with Gasteiger partial charge in [-0.15, -0.1) is 11.3 Å². The number of nitrogens with zero attached hydrogens (tertiary/aromatic N) is 2. The molecule has 3 nitrogen and oxygen atoms in total. The van der Waals surface area contributed by atoms with Gasteiger partial charge in [0.25, 0.3) is 0 Å². The average Bonchev–Trinajstić information content (AvgIpc) is 3.04. The predicted molar refractivity (Wildman–Crippen MR) is 90.7 cm³/mol. The van der Waals surface area contributed by atoms with Crippen molar-refractivity contribution in [2.75, 3.05) is 0 Å². The van der Waals surface area contributed by atoms with Gasteiger partial charge in [0.1, 0.15) is 5.82 Å². The van der Waals surface area contributed by atoms with Crippen LogP contribution in [0.5, 0.6) is 0 Å². The van der Waals surface area contributed by atoms with Crippen LogP contribution in [-0.4, -0.2) is 14.7 Å². The number of aliphatic hydroxyl groups is 1. The van der Waals surface area contributed by atoms with Gasteiger partial charge in [-0.05, 0) is 40.5 Å². The Labute approximate surface area is 136 Å². The summed E-state index contributed by atoms with van der Waals surface area (Å²) in [6, 6.07) is 10.1. The molecule has 110 valence electrons. The Morgan fingerprint density at radius 2 is 2.19 bits per heavy atom. The van der Waals surface area contributed by atoms with E-state index in [0.29, 0.717) is 6.42 Å². The number of hydrogen-bond donors (Lipinski definition) is 1. The fourth-order valence-electron chi connectivity index (χ4n) is 2.53. The van der Waals surface area contributed by atoms with Crippen LogP contribution in [-0.2, 0) is 13.0 Å². The quantitative estimate of drug-likeness (QED) is 0.721. The Morgan fingerprint density at radius 1 is 1.38 bits per heavy atom. The lowest BCUT2D eigenvalue weighted by Gasteiger charge is -2.11. The number of imidazole rings is 1. The van der Waals surface area contributed by atoms with Gasteiger partial charge < -0.3 is 9.67 Å². The van der Waals surface area contributed by atoms with Crippen LogP contribution in [0.3, 0.4) is 0 Å². The highest BCUT2D eigenvalue weighted by Gasteiger charge is 2.16. The molecule has 5 heteroatoms. The molecular formula is C16H17BrN2OS. The van der Waals surface area contributed by atoms with Crippen molar-refractivity contribution in [1.82, 2.24) is 9.55 Å². The molecule has 1 aromatic carbocycles. The molecule has 0 aliphatic heterocycles. The largest absolute Gasteiger partial charge is 0.387 e. The molecule has 0 aliphatic carbocycles. The normalized spacial score (nSPS) is 12.9. The number of thiophene rings is 1. The molecule has 0 radical (unpaired) electrons. The third-order valence-corrected chi connectivity index (χ3v) is 5.27. The first-order valence-electron chi connectivity index (χ1n) is 7.05. The average molecular weight is 365 g/mol. The molecule has 0 bridgehead atoms. The van der Waals surface area contributed by atoms with Crippen LogP contribution >= 0.6 is 27.3 Å². The maximum atomic E-state index is 10.4. The van der Waals surface area contributed by atoms with E-state index in [1.807, 2.05) is 29.6 Å². The number of para-hydroxylation sites is 2. The van der Waals surface area contributed by atoms with Crippen LogP contribution in [0.15, 0.2) is 40.2 Å². The van der Waals surface area contributed by atoms with Gasteiger partial charge in [0.15, 0.2) is 0 Å². The fourth-order valence-corrected chi connectivity index (χ4v) is 3.96. The summed E-state index contributed by atoms with van der Waals surface area (Å²) in [4.78, 5) is 5.67. The molecule has 0 saturated carbocycles. The van der Waals surface area contributed by atoms with Crippen molar-refractivity contribution < 1.29 is 5.11 Å². The van der Waals surface area contributed by atoms with E-state index in [0.717, 1.165) is 39.2 Å². The monoisotopic (exact) mass is 364 g/mol. The maximum absolute atomic E-state index is 10.4. The van der Waals surface area contributed by atoms with Crippen LogP contribution in [0.1, 0.15) is 30.2 Å². The van der Waals surface area contributed by atoms with Gasteiger partial charge >= 0.3 is 0 Å². The Kier molecular flexibility index (Phi) is 4.42. The maximum Gasteiger partial charge on any atom is 0.112 e. The lowest BCUT2D eigenvalue weighted by Crippen LogP contribution is -2.08. The summed E-state index contributed by atoms with van der Waals surface area (Å²) in [6.07, 6.45) is 1.09. The zero-order valence-electron chi connectivity index (χ0n) is 11.8. The topological polar surface area (TPSA) is 38.0 Å². The summed E-state index contributed by atoms with van der Waals surface area (Å²) in [5.74, 6) is 0.954. The van der Waals surface area contributed by atoms with E-state index in [-0.39, 0.29) is 0 Å². The van der Waals surface area contributed by atoms with Crippen LogP contribution in [0.2, 0.25) is 0 Å². The Balaban J connectivity index is 1.94. The molecule has 2 heterocycles. The molecule has 0 spiro atoms. The molecule has 0 saturated heterocycles. The second-order valence-corrected chi connectivity index (χ2v) is 6.91. The summed E-state index contributed by atoms with van der Waals surface area (Å²) < 4.78 is 3.24. The third kappa shape index (κ3) is 3.05. The SMILES string of the molecule is CCCn1c(CC(O)c2cc(Br)cs2)nc2ccccc21. The summed E-state index contributed by atoms with van der Waals surface area (Å²) >= 11 is 5.00. The fraction of sp³-hybridized carbons (Fsp3) is 0.312. The first-order valence-corrected chi connectivity index (χ1v) is 8.72. The molecule has 21 heavy (non-hydrogen) atoms. The van der Waals surface area contributed by atoms with Crippen LogP contribution in [0.4, 0.5) is 0 Å². The number of benzene rings is 1. The van der Waals surface area contributed by atoms with Gasteiger partial charge in [0.05, 0.1) is 17.1 Å². The van der Waals surface area contributed by atoms with Gasteiger partial charge in [-0.3, -0.25) is 0 Å². The van der Waals surface area contributed by atoms with Crippen molar-refractivity contribution in [2.24, 2.45) is 0 Å². The molecule has 0 aliphatic rings. The molecule has 1 unspecified atom stereocenters. The van der Waals surface area contributed by atoms with E-state index >= 15 is 0 Å². The second kappa shape index (κ2) is 6.30. The van der Waals surface area contributed by atoms with Crippen LogP contribution in [0, 0.1) is 0 Å². The molecule has 1 atom stereocenters. The first kappa shape index (κ1) is 14.8. The Bertz CT molecular complexity index is 750. The van der Waals surface area contributed by atoms with E-state index in [1.54, 1.807) is 11.3 Å². The van der Waals surface area contributed by atoms with E-state index < -0.39 is 6.10 Å². The second-order valence-electron chi connectivity index (χ2n) is 5.06. The van der Waals surface area contributed by atoms with Crippen molar-refractivity contribution in [2.45, 2.75) is 32.4 Å². The van der Waals surface area contributed by atoms with Crippen LogP contribution in [0.25, 0.3) is 11.0 Å². The van der Waals surface area contributed by atoms with E-state index in [4.69, 9.17) is 4.98 Å². The third-order valence-electron chi connectivity index (χ3n) is 3.47. The zero-order valence-corrected chi connectivity index (χ0v) is 14.2. The standard InChI is InChI=1S/C16H17BrN2OS/c1-2-7-19-13-6-4-3-5-12(13)18-16(19)9-14(20)15-8-11(17)10-21-15/h3-6,8,10,14,20H,2,7,9H2,1H3. The molecule has 0 amide bonds. The number of rotatable bonds is 5. The van der Waals surface area contributed by atoms with Crippen molar-refractivity contribution in [1.29, 1.82) is 0 Å². The smallest absolute Gasteiger partial charge is 0.112 e. The Hall–Kier alpha value is -1.17. The number of aromatic nitrogens is 2. The molecule has 3 rings (SSSR count). The molecule has 3 aromatic rings. The van der Waals surface area contributed by atoms with E-state index in [2.05, 4.69) is 33.5 Å². The van der Waals surface area contributed by atoms with Gasteiger partial charge in [-0.1, -0.05) is 19.1 Å². The lowest BCUT2D eigenvalue weighted by atomic mass is 10.2. The minimum Gasteiger partial charge on any atom is -0.387 e. The highest BCUT2D eigenvalue weighted by atomic mass is 79.9. The summed E-state index contributed by atoms with van der Waals surface area (Å²) in [5.41, 5.74) is 2.15. The van der Waals surface area contributed by atoms with Crippen molar-refractivity contribution in [3.05, 3.63) is 50.9 Å². The van der Waals surface area contributed by atoms with Gasteiger partial charge in [-0.2, -0.15) is 0 Å². The van der Waals surface area contributed by atoms with Crippen molar-refractivity contribution >= 4 is 38.3 Å².